The molecule has 1 aliphatic rings. The third-order valence-electron chi connectivity index (χ3n) is 3.98. The molecule has 1 saturated heterocycles. The maximum absolute atomic E-state index is 12.1. The highest BCUT2D eigenvalue weighted by Gasteiger charge is 2.17. The van der Waals surface area contributed by atoms with Crippen molar-refractivity contribution >= 4 is 23.6 Å². The Kier molecular flexibility index (Phi) is 5.11. The molecule has 1 aliphatic heterocycles. The van der Waals surface area contributed by atoms with E-state index in [1.54, 1.807) is 24.5 Å². The molecule has 2 amide bonds. The second-order valence-electron chi connectivity index (χ2n) is 5.80. The second kappa shape index (κ2) is 7.64. The number of nitrogens with one attached hydrogen (secondary N) is 1. The number of nitrogens with zero attached hydrogens (tertiary/aromatic N) is 1. The minimum absolute atomic E-state index is 0.172. The molecule has 2 heterocycles. The monoisotopic (exact) mass is 324 g/mol. The molecule has 0 aliphatic carbocycles. The minimum atomic E-state index is -0.229. The molecule has 3 rings (SSSR count). The van der Waals surface area contributed by atoms with Crippen LogP contribution in [0.5, 0.6) is 0 Å². The molecule has 1 aromatic carbocycles. The predicted molar refractivity (Wildman–Crippen MR) is 92.3 cm³/mol. The van der Waals surface area contributed by atoms with Gasteiger partial charge in [0.1, 0.15) is 5.76 Å². The van der Waals surface area contributed by atoms with E-state index in [2.05, 4.69) is 5.32 Å². The van der Waals surface area contributed by atoms with E-state index in [-0.39, 0.29) is 11.8 Å². The average Bonchev–Trinajstić information content (AvgIpc) is 3.28. The van der Waals surface area contributed by atoms with Gasteiger partial charge in [-0.05, 0) is 48.7 Å². The van der Waals surface area contributed by atoms with Crippen molar-refractivity contribution in [2.45, 2.75) is 19.3 Å². The van der Waals surface area contributed by atoms with Crippen LogP contribution in [-0.4, -0.2) is 29.8 Å². The van der Waals surface area contributed by atoms with Crippen molar-refractivity contribution < 1.29 is 14.0 Å². The molecule has 5 heteroatoms. The van der Waals surface area contributed by atoms with Crippen molar-refractivity contribution in [1.29, 1.82) is 0 Å². The number of carbonyl (C=O) groups excluding carboxylic acids is 2. The molecule has 0 unspecified atom stereocenters. The third kappa shape index (κ3) is 4.35. The van der Waals surface area contributed by atoms with Gasteiger partial charge in [0.25, 0.3) is 0 Å². The van der Waals surface area contributed by atoms with Crippen molar-refractivity contribution in [2.75, 3.05) is 18.4 Å². The van der Waals surface area contributed by atoms with E-state index >= 15 is 0 Å². The first-order valence-electron chi connectivity index (χ1n) is 8.10. The number of rotatable bonds is 5. The summed E-state index contributed by atoms with van der Waals surface area (Å²) < 4.78 is 5.13. The highest BCUT2D eigenvalue weighted by molar-refractivity contribution is 6.01. The largest absolute Gasteiger partial charge is 0.465 e. The Bertz CT molecular complexity index is 712. The van der Waals surface area contributed by atoms with E-state index in [9.17, 15) is 9.59 Å². The van der Waals surface area contributed by atoms with Crippen LogP contribution >= 0.6 is 0 Å². The van der Waals surface area contributed by atoms with Gasteiger partial charge in [0.2, 0.25) is 11.8 Å². The summed E-state index contributed by atoms with van der Waals surface area (Å²) in [5.74, 6) is 0.568. The number of furan rings is 1. The topological polar surface area (TPSA) is 62.6 Å². The second-order valence-corrected chi connectivity index (χ2v) is 5.80. The van der Waals surface area contributed by atoms with Crippen LogP contribution in [0.25, 0.3) is 6.08 Å². The SMILES string of the molecule is O=C(/C=C/c1ccco1)Nc1ccc(CC(=O)N2CCCC2)cc1. The van der Waals surface area contributed by atoms with Crippen molar-refractivity contribution in [3.05, 3.63) is 60.1 Å². The van der Waals surface area contributed by atoms with Gasteiger partial charge in [-0.25, -0.2) is 0 Å². The fourth-order valence-corrected chi connectivity index (χ4v) is 2.69. The first-order chi connectivity index (χ1) is 11.7. The Morgan fingerprint density at radius 2 is 1.88 bits per heavy atom. The molecular formula is C19H20N2O3. The molecule has 2 aromatic rings. The van der Waals surface area contributed by atoms with Gasteiger partial charge in [0.05, 0.1) is 12.7 Å². The molecule has 0 saturated carbocycles. The number of hydrogen-bond acceptors (Lipinski definition) is 3. The molecule has 0 atom stereocenters. The molecule has 24 heavy (non-hydrogen) atoms. The Labute approximate surface area is 141 Å². The summed E-state index contributed by atoms with van der Waals surface area (Å²) in [5.41, 5.74) is 1.65. The molecule has 0 spiro atoms. The van der Waals surface area contributed by atoms with Crippen LogP contribution in [-0.2, 0) is 16.0 Å². The van der Waals surface area contributed by atoms with Crippen molar-refractivity contribution in [3.63, 3.8) is 0 Å². The number of anilines is 1. The number of hydrogen-bond donors (Lipinski definition) is 1. The van der Waals surface area contributed by atoms with Crippen LogP contribution in [0.1, 0.15) is 24.2 Å². The van der Waals surface area contributed by atoms with Crippen LogP contribution in [0.4, 0.5) is 5.69 Å². The molecule has 0 bridgehead atoms. The van der Waals surface area contributed by atoms with E-state index < -0.39 is 0 Å². The minimum Gasteiger partial charge on any atom is -0.465 e. The highest BCUT2D eigenvalue weighted by atomic mass is 16.3. The van der Waals surface area contributed by atoms with Crippen molar-refractivity contribution in [2.24, 2.45) is 0 Å². The predicted octanol–water partition coefficient (Wildman–Crippen LogP) is 3.10. The molecule has 124 valence electrons. The van der Waals surface area contributed by atoms with Gasteiger partial charge in [0, 0.05) is 24.9 Å². The zero-order valence-electron chi connectivity index (χ0n) is 13.4. The summed E-state index contributed by atoms with van der Waals surface area (Å²) in [6.07, 6.45) is 7.19. The summed E-state index contributed by atoms with van der Waals surface area (Å²) in [5, 5.41) is 2.78. The lowest BCUT2D eigenvalue weighted by atomic mass is 10.1. The molecule has 5 nitrogen and oxygen atoms in total. The van der Waals surface area contributed by atoms with Gasteiger partial charge in [-0.1, -0.05) is 12.1 Å². The molecule has 1 aromatic heterocycles. The van der Waals surface area contributed by atoms with Gasteiger partial charge in [0.15, 0.2) is 0 Å². The average molecular weight is 324 g/mol. The van der Waals surface area contributed by atoms with E-state index in [0.29, 0.717) is 17.9 Å². The normalized spacial score (nSPS) is 14.2. The lowest BCUT2D eigenvalue weighted by molar-refractivity contribution is -0.129. The number of benzene rings is 1. The highest BCUT2D eigenvalue weighted by Crippen LogP contribution is 2.14. The summed E-state index contributed by atoms with van der Waals surface area (Å²) in [6, 6.07) is 10.9. The summed E-state index contributed by atoms with van der Waals surface area (Å²) in [7, 11) is 0. The third-order valence-corrected chi connectivity index (χ3v) is 3.98. The quantitative estimate of drug-likeness (QED) is 0.860. The van der Waals surface area contributed by atoms with Crippen LogP contribution in [0.15, 0.2) is 53.2 Å². The zero-order chi connectivity index (χ0) is 16.8. The van der Waals surface area contributed by atoms with Crippen LogP contribution < -0.4 is 5.32 Å². The Balaban J connectivity index is 1.52. The van der Waals surface area contributed by atoms with E-state index in [4.69, 9.17) is 4.42 Å². The van der Waals surface area contributed by atoms with Gasteiger partial charge >= 0.3 is 0 Å². The fraction of sp³-hybridized carbons (Fsp3) is 0.263. The van der Waals surface area contributed by atoms with E-state index in [1.165, 1.54) is 6.08 Å². The van der Waals surface area contributed by atoms with Crippen LogP contribution in [0.3, 0.4) is 0 Å². The van der Waals surface area contributed by atoms with Crippen molar-refractivity contribution in [3.8, 4) is 0 Å². The number of amides is 2. The maximum Gasteiger partial charge on any atom is 0.248 e. The zero-order valence-corrected chi connectivity index (χ0v) is 13.4. The Morgan fingerprint density at radius 1 is 1.12 bits per heavy atom. The lowest BCUT2D eigenvalue weighted by Gasteiger charge is -2.15. The van der Waals surface area contributed by atoms with Gasteiger partial charge in [-0.2, -0.15) is 0 Å². The summed E-state index contributed by atoms with van der Waals surface area (Å²) in [4.78, 5) is 25.9. The smallest absolute Gasteiger partial charge is 0.248 e. The number of carbonyl (C=O) groups is 2. The van der Waals surface area contributed by atoms with Gasteiger partial charge in [-0.3, -0.25) is 9.59 Å². The van der Waals surface area contributed by atoms with E-state index in [0.717, 1.165) is 31.5 Å². The van der Waals surface area contributed by atoms with Gasteiger partial charge in [-0.15, -0.1) is 0 Å². The fourth-order valence-electron chi connectivity index (χ4n) is 2.69. The Morgan fingerprint density at radius 3 is 2.54 bits per heavy atom. The van der Waals surface area contributed by atoms with Crippen LogP contribution in [0, 0.1) is 0 Å². The molecule has 1 N–H and O–H groups in total. The lowest BCUT2D eigenvalue weighted by Crippen LogP contribution is -2.29. The number of likely N-dealkylation sites (tertiary alicyclic amines) is 1. The summed E-state index contributed by atoms with van der Waals surface area (Å²) in [6.45, 7) is 1.74. The van der Waals surface area contributed by atoms with Crippen molar-refractivity contribution in [1.82, 2.24) is 4.90 Å². The molecule has 1 fully saturated rings. The molecule has 0 radical (unpaired) electrons. The first kappa shape index (κ1) is 16.1. The summed E-state index contributed by atoms with van der Waals surface area (Å²) >= 11 is 0. The van der Waals surface area contributed by atoms with Crippen LogP contribution in [0.2, 0.25) is 0 Å². The standard InChI is InChI=1S/C19H20N2O3/c22-18(10-9-17-4-3-13-24-17)20-16-7-5-15(6-8-16)14-19(23)21-11-1-2-12-21/h3-10,13H,1-2,11-12,14H2,(H,20,22)/b10-9+. The molecular weight excluding hydrogens is 304 g/mol. The first-order valence-corrected chi connectivity index (χ1v) is 8.10. The van der Waals surface area contributed by atoms with E-state index in [1.807, 2.05) is 29.2 Å². The maximum atomic E-state index is 12.1. The Hall–Kier alpha value is -2.82. The van der Waals surface area contributed by atoms with Gasteiger partial charge < -0.3 is 14.6 Å².